The maximum Gasteiger partial charge on any atom is 0.291 e. The number of aromatic nitrogens is 1. The molecule has 2 amide bonds. The summed E-state index contributed by atoms with van der Waals surface area (Å²) in [7, 11) is 0. The van der Waals surface area contributed by atoms with Crippen molar-refractivity contribution in [3.8, 4) is 28.4 Å². The van der Waals surface area contributed by atoms with Crippen LogP contribution in [-0.2, 0) is 4.79 Å². The largest absolute Gasteiger partial charge is 0.483 e. The van der Waals surface area contributed by atoms with Crippen LogP contribution in [0.25, 0.3) is 22.6 Å². The zero-order chi connectivity index (χ0) is 20.8. The second-order valence-electron chi connectivity index (χ2n) is 6.21. The van der Waals surface area contributed by atoms with Crippen LogP contribution in [0.1, 0.15) is 10.5 Å². The summed E-state index contributed by atoms with van der Waals surface area (Å²) >= 11 is 0. The highest BCUT2D eigenvalue weighted by atomic mass is 16.5. The van der Waals surface area contributed by atoms with Crippen LogP contribution in [-0.4, -0.2) is 23.6 Å². The second-order valence-corrected chi connectivity index (χ2v) is 6.21. The number of para-hydroxylation sites is 1. The molecule has 4 rings (SSSR count). The number of amides is 2. The van der Waals surface area contributed by atoms with Crippen LogP contribution in [0.5, 0.6) is 5.75 Å². The lowest BCUT2D eigenvalue weighted by molar-refractivity contribution is -0.123. The predicted octanol–water partition coefficient (Wildman–Crippen LogP) is 3.44. The number of carbonyl (C=O) groups is 2. The molecule has 2 heterocycles. The maximum atomic E-state index is 12.1. The van der Waals surface area contributed by atoms with Gasteiger partial charge in [-0.15, -0.1) is 0 Å². The number of ether oxygens (including phenoxy) is 1. The van der Waals surface area contributed by atoms with Crippen LogP contribution in [0.3, 0.4) is 0 Å². The van der Waals surface area contributed by atoms with E-state index in [1.165, 1.54) is 12.3 Å². The molecule has 0 saturated carbocycles. The number of furan rings is 1. The van der Waals surface area contributed by atoms with Crippen molar-refractivity contribution in [1.82, 2.24) is 16.0 Å². The average molecular weight is 403 g/mol. The summed E-state index contributed by atoms with van der Waals surface area (Å²) in [4.78, 5) is 24.2. The maximum absolute atomic E-state index is 12.1. The molecule has 2 N–H and O–H groups in total. The summed E-state index contributed by atoms with van der Waals surface area (Å²) in [5.74, 6) is 0.147. The summed E-state index contributed by atoms with van der Waals surface area (Å²) in [6.07, 6.45) is 1.48. The van der Waals surface area contributed by atoms with Crippen molar-refractivity contribution in [3.05, 3.63) is 84.8 Å². The Bertz CT molecular complexity index is 1140. The monoisotopic (exact) mass is 403 g/mol. The normalized spacial score (nSPS) is 10.4. The van der Waals surface area contributed by atoms with Crippen LogP contribution >= 0.6 is 0 Å². The number of carbonyl (C=O) groups excluding carboxylic acids is 2. The van der Waals surface area contributed by atoms with E-state index < -0.39 is 11.8 Å². The zero-order valence-corrected chi connectivity index (χ0v) is 15.7. The molecule has 0 unspecified atom stereocenters. The van der Waals surface area contributed by atoms with Gasteiger partial charge in [0, 0.05) is 11.6 Å². The van der Waals surface area contributed by atoms with Gasteiger partial charge in [-0.2, -0.15) is 0 Å². The van der Waals surface area contributed by atoms with Gasteiger partial charge in [-0.1, -0.05) is 53.7 Å². The SMILES string of the molecule is O=C(COc1ccccc1-c1ccccc1)NNC(=O)c1cc(-c2ccco2)on1. The third-order valence-electron chi connectivity index (χ3n) is 4.15. The van der Waals surface area contributed by atoms with Crippen LogP contribution in [0.15, 0.2) is 88.0 Å². The van der Waals surface area contributed by atoms with E-state index in [2.05, 4.69) is 16.0 Å². The first kappa shape index (κ1) is 19.0. The number of nitrogens with zero attached hydrogens (tertiary/aromatic N) is 1. The molecule has 8 heteroatoms. The van der Waals surface area contributed by atoms with E-state index in [1.54, 1.807) is 18.2 Å². The Kier molecular flexibility index (Phi) is 5.56. The Morgan fingerprint density at radius 2 is 1.70 bits per heavy atom. The Morgan fingerprint density at radius 3 is 2.50 bits per heavy atom. The first-order valence-corrected chi connectivity index (χ1v) is 9.08. The third kappa shape index (κ3) is 4.39. The van der Waals surface area contributed by atoms with Crippen molar-refractivity contribution in [1.29, 1.82) is 0 Å². The van der Waals surface area contributed by atoms with Gasteiger partial charge in [0.2, 0.25) is 5.76 Å². The van der Waals surface area contributed by atoms with Crippen LogP contribution in [0.2, 0.25) is 0 Å². The Balaban J connectivity index is 1.31. The van der Waals surface area contributed by atoms with Crippen molar-refractivity contribution in [2.75, 3.05) is 6.61 Å². The van der Waals surface area contributed by atoms with Crippen molar-refractivity contribution >= 4 is 11.8 Å². The standard InChI is InChI=1S/C22H17N3O5/c26-21(14-29-18-10-5-4-9-16(18)15-7-2-1-3-8-15)23-24-22(27)17-13-20(30-25-17)19-11-6-12-28-19/h1-13H,14H2,(H,23,26)(H,24,27). The van der Waals surface area contributed by atoms with Crippen LogP contribution in [0.4, 0.5) is 0 Å². The van der Waals surface area contributed by atoms with E-state index in [-0.39, 0.29) is 12.3 Å². The number of hydrogen-bond acceptors (Lipinski definition) is 6. The van der Waals surface area contributed by atoms with Gasteiger partial charge in [-0.05, 0) is 23.8 Å². The number of hydrazine groups is 1. The molecule has 2 aromatic carbocycles. The number of hydrogen-bond donors (Lipinski definition) is 2. The van der Waals surface area contributed by atoms with Crippen molar-refractivity contribution < 1.29 is 23.3 Å². The molecule has 0 spiro atoms. The summed E-state index contributed by atoms with van der Waals surface area (Å²) in [5, 5.41) is 3.66. The van der Waals surface area contributed by atoms with Crippen molar-refractivity contribution in [2.24, 2.45) is 0 Å². The Labute approximate surface area is 171 Å². The number of rotatable bonds is 6. The Morgan fingerprint density at radius 1 is 0.900 bits per heavy atom. The minimum atomic E-state index is -0.630. The average Bonchev–Trinajstić information content (AvgIpc) is 3.49. The molecule has 30 heavy (non-hydrogen) atoms. The molecule has 0 radical (unpaired) electrons. The Hall–Kier alpha value is -4.33. The molecule has 0 aliphatic carbocycles. The van der Waals surface area contributed by atoms with Crippen LogP contribution in [0, 0.1) is 0 Å². The molecule has 0 saturated heterocycles. The minimum absolute atomic E-state index is 0.00274. The fourth-order valence-corrected chi connectivity index (χ4v) is 2.74. The van der Waals surface area contributed by atoms with Gasteiger partial charge in [0.25, 0.3) is 11.8 Å². The summed E-state index contributed by atoms with van der Waals surface area (Å²) in [6, 6.07) is 21.9. The molecular weight excluding hydrogens is 386 g/mol. The minimum Gasteiger partial charge on any atom is -0.483 e. The highest BCUT2D eigenvalue weighted by Crippen LogP contribution is 2.29. The summed E-state index contributed by atoms with van der Waals surface area (Å²) < 4.78 is 15.9. The van der Waals surface area contributed by atoms with E-state index in [0.29, 0.717) is 17.3 Å². The topological polar surface area (TPSA) is 107 Å². The first-order chi connectivity index (χ1) is 14.7. The lowest BCUT2D eigenvalue weighted by Crippen LogP contribution is -2.43. The molecule has 0 aliphatic rings. The van der Waals surface area contributed by atoms with E-state index >= 15 is 0 Å². The summed E-state index contributed by atoms with van der Waals surface area (Å²) in [5.41, 5.74) is 6.39. The van der Waals surface area contributed by atoms with Gasteiger partial charge in [0.05, 0.1) is 6.26 Å². The molecule has 0 fully saturated rings. The fraction of sp³-hybridized carbons (Fsp3) is 0.0455. The molecule has 2 aromatic heterocycles. The summed E-state index contributed by atoms with van der Waals surface area (Å²) in [6.45, 7) is -0.277. The van der Waals surface area contributed by atoms with Gasteiger partial charge in [0.1, 0.15) is 5.75 Å². The molecule has 0 aliphatic heterocycles. The van der Waals surface area contributed by atoms with E-state index in [0.717, 1.165) is 11.1 Å². The third-order valence-corrected chi connectivity index (χ3v) is 4.15. The molecular formula is C22H17N3O5. The van der Waals surface area contributed by atoms with Crippen LogP contribution < -0.4 is 15.6 Å². The van der Waals surface area contributed by atoms with Gasteiger partial charge < -0.3 is 13.7 Å². The first-order valence-electron chi connectivity index (χ1n) is 9.08. The van der Waals surface area contributed by atoms with Gasteiger partial charge in [-0.25, -0.2) is 0 Å². The van der Waals surface area contributed by atoms with E-state index in [1.807, 2.05) is 48.5 Å². The van der Waals surface area contributed by atoms with Gasteiger partial charge in [-0.3, -0.25) is 20.4 Å². The number of nitrogens with one attached hydrogen (secondary N) is 2. The molecule has 150 valence electrons. The fourth-order valence-electron chi connectivity index (χ4n) is 2.74. The lowest BCUT2D eigenvalue weighted by Gasteiger charge is -2.12. The van der Waals surface area contributed by atoms with Gasteiger partial charge in [0.15, 0.2) is 18.1 Å². The smallest absolute Gasteiger partial charge is 0.291 e. The van der Waals surface area contributed by atoms with E-state index in [9.17, 15) is 9.59 Å². The molecule has 0 atom stereocenters. The molecule has 4 aromatic rings. The van der Waals surface area contributed by atoms with Crippen molar-refractivity contribution in [3.63, 3.8) is 0 Å². The van der Waals surface area contributed by atoms with E-state index in [4.69, 9.17) is 13.7 Å². The van der Waals surface area contributed by atoms with Gasteiger partial charge >= 0.3 is 0 Å². The highest BCUT2D eigenvalue weighted by Gasteiger charge is 2.16. The van der Waals surface area contributed by atoms with Crippen molar-refractivity contribution in [2.45, 2.75) is 0 Å². The zero-order valence-electron chi connectivity index (χ0n) is 15.7. The lowest BCUT2D eigenvalue weighted by atomic mass is 10.1. The quantitative estimate of drug-likeness (QED) is 0.478. The molecule has 8 nitrogen and oxygen atoms in total. The predicted molar refractivity (Wildman–Crippen MR) is 107 cm³/mol. The second kappa shape index (κ2) is 8.78. The molecule has 0 bridgehead atoms. The highest BCUT2D eigenvalue weighted by molar-refractivity contribution is 5.94. The number of benzene rings is 2.